The summed E-state index contributed by atoms with van der Waals surface area (Å²) in [7, 11) is -0.395. The summed E-state index contributed by atoms with van der Waals surface area (Å²) >= 11 is 0. The van der Waals surface area contributed by atoms with E-state index in [1.54, 1.807) is 0 Å². The summed E-state index contributed by atoms with van der Waals surface area (Å²) in [5.41, 5.74) is -0.619. The van der Waals surface area contributed by atoms with Crippen molar-refractivity contribution >= 4 is 27.7 Å². The maximum atomic E-state index is 10.5. The lowest BCUT2D eigenvalue weighted by molar-refractivity contribution is -0.0672. The lowest BCUT2D eigenvalue weighted by atomic mass is 9.82. The Balaban J connectivity index is 1.92. The van der Waals surface area contributed by atoms with Crippen molar-refractivity contribution in [3.63, 3.8) is 0 Å². The number of rotatable bonds is 6. The van der Waals surface area contributed by atoms with Gasteiger partial charge in [0.2, 0.25) is 6.35 Å². The predicted molar refractivity (Wildman–Crippen MR) is 89.2 cm³/mol. The summed E-state index contributed by atoms with van der Waals surface area (Å²) in [6, 6.07) is 0. The van der Waals surface area contributed by atoms with Gasteiger partial charge in [-0.1, -0.05) is 13.8 Å². The van der Waals surface area contributed by atoms with Gasteiger partial charge < -0.3 is 9.84 Å². The van der Waals surface area contributed by atoms with E-state index in [1.165, 1.54) is 6.16 Å². The highest BCUT2D eigenvalue weighted by Gasteiger charge is 2.73. The van der Waals surface area contributed by atoms with Crippen molar-refractivity contribution in [2.45, 2.75) is 45.3 Å². The van der Waals surface area contributed by atoms with Crippen LogP contribution in [0.4, 0.5) is 0 Å². The smallest absolute Gasteiger partial charge is 0.254 e. The van der Waals surface area contributed by atoms with Crippen molar-refractivity contribution in [2.24, 2.45) is 17.8 Å². The van der Waals surface area contributed by atoms with E-state index in [4.69, 9.17) is 4.74 Å². The third kappa shape index (κ3) is 2.58. The molecule has 2 aliphatic rings. The van der Waals surface area contributed by atoms with Gasteiger partial charge in [-0.2, -0.15) is 0 Å². The maximum Gasteiger partial charge on any atom is 0.254 e. The molecule has 7 atom stereocenters. The van der Waals surface area contributed by atoms with Crippen molar-refractivity contribution in [2.75, 3.05) is 18.4 Å². The van der Waals surface area contributed by atoms with E-state index >= 15 is 0 Å². The molecule has 0 heterocycles. The minimum absolute atomic E-state index is 0.0443. The minimum atomic E-state index is -0.574. The van der Waals surface area contributed by atoms with Crippen LogP contribution in [-0.2, 0) is 4.74 Å². The summed E-state index contributed by atoms with van der Waals surface area (Å²) in [6.45, 7) is 8.49. The van der Waals surface area contributed by atoms with Gasteiger partial charge in [-0.15, -0.1) is 0 Å². The second-order valence-corrected chi connectivity index (χ2v) is 11.3. The molecule has 108 valence electrons. The van der Waals surface area contributed by atoms with Crippen LogP contribution in [0.2, 0.25) is 0 Å². The van der Waals surface area contributed by atoms with Gasteiger partial charge in [0, 0.05) is 5.92 Å². The molecule has 0 aromatic rings. The van der Waals surface area contributed by atoms with Gasteiger partial charge in [0.1, 0.15) is 13.7 Å². The summed E-state index contributed by atoms with van der Waals surface area (Å²) in [5, 5.41) is 10.5. The molecule has 4 heteroatoms. The van der Waals surface area contributed by atoms with Crippen LogP contribution in [0.1, 0.15) is 34.1 Å². The van der Waals surface area contributed by atoms with Crippen LogP contribution in [0, 0.1) is 17.8 Å². The zero-order chi connectivity index (χ0) is 14.4. The molecule has 0 bridgehead atoms. The van der Waals surface area contributed by atoms with Crippen LogP contribution < -0.4 is 0 Å². The van der Waals surface area contributed by atoms with Crippen molar-refractivity contribution in [3.05, 3.63) is 0 Å². The Morgan fingerprint density at radius 1 is 1.32 bits per heavy atom. The Kier molecular flexibility index (Phi) is 4.30. The fourth-order valence-electron chi connectivity index (χ4n) is 3.61. The van der Waals surface area contributed by atoms with Crippen LogP contribution >= 0.6 is 15.1 Å². The molecule has 19 heavy (non-hydrogen) atoms. The number of ether oxygens (including phenoxy) is 1. The lowest BCUT2D eigenvalue weighted by Gasteiger charge is -2.32. The molecular formula is C15H28O2P2+2. The first-order valence-corrected chi connectivity index (χ1v) is 11.0. The van der Waals surface area contributed by atoms with Gasteiger partial charge in [0.25, 0.3) is 5.90 Å². The normalized spacial score (nSPS) is 45.8. The van der Waals surface area contributed by atoms with E-state index in [-0.39, 0.29) is 26.6 Å². The number of fused-ring (bicyclic) bond motifs is 1. The molecule has 0 radical (unpaired) electrons. The monoisotopic (exact) mass is 302 g/mol. The van der Waals surface area contributed by atoms with Crippen molar-refractivity contribution < 1.29 is 9.84 Å². The molecule has 0 amide bonds. The van der Waals surface area contributed by atoms with E-state index in [0.717, 1.165) is 18.7 Å². The molecule has 2 rings (SSSR count). The zero-order valence-electron chi connectivity index (χ0n) is 12.7. The van der Waals surface area contributed by atoms with Crippen molar-refractivity contribution in [1.29, 1.82) is 0 Å². The Labute approximate surface area is 119 Å². The molecule has 2 aliphatic carbocycles. The average molecular weight is 302 g/mol. The molecule has 2 saturated carbocycles. The molecule has 1 N–H and O–H groups in total. The molecule has 2 nitrogen and oxygen atoms in total. The van der Waals surface area contributed by atoms with E-state index in [9.17, 15) is 5.11 Å². The van der Waals surface area contributed by atoms with Crippen molar-refractivity contribution in [1.82, 2.24) is 0 Å². The third-order valence-electron chi connectivity index (χ3n) is 5.50. The largest absolute Gasteiger partial charge is 0.389 e. The Bertz CT molecular complexity index is 405. The van der Waals surface area contributed by atoms with E-state index in [2.05, 4.69) is 33.4 Å². The van der Waals surface area contributed by atoms with Gasteiger partial charge in [-0.05, 0) is 32.1 Å². The van der Waals surface area contributed by atoms with Gasteiger partial charge in [-0.25, -0.2) is 0 Å². The lowest BCUT2D eigenvalue weighted by Crippen LogP contribution is -2.40. The highest BCUT2D eigenvalue weighted by Crippen LogP contribution is 2.67. The van der Waals surface area contributed by atoms with Crippen LogP contribution in [-0.4, -0.2) is 47.3 Å². The Morgan fingerprint density at radius 2 is 1.95 bits per heavy atom. The molecule has 2 unspecified atom stereocenters. The molecule has 0 aromatic heterocycles. The first-order valence-electron chi connectivity index (χ1n) is 7.23. The second-order valence-electron chi connectivity index (χ2n) is 6.57. The van der Waals surface area contributed by atoms with Crippen molar-refractivity contribution in [3.8, 4) is 0 Å². The topological polar surface area (TPSA) is 29.5 Å². The quantitative estimate of drug-likeness (QED) is 0.760. The Morgan fingerprint density at radius 3 is 2.42 bits per heavy atom. The summed E-state index contributed by atoms with van der Waals surface area (Å²) in [4.78, 5) is 0. The highest BCUT2D eigenvalue weighted by molar-refractivity contribution is 7.72. The van der Waals surface area contributed by atoms with Crippen LogP contribution in [0.15, 0.2) is 0 Å². The fraction of sp³-hybridized carbons (Fsp3) is 0.867. The van der Waals surface area contributed by atoms with E-state index in [1.807, 2.05) is 6.92 Å². The molecular weight excluding hydrogens is 274 g/mol. The van der Waals surface area contributed by atoms with Gasteiger partial charge in [0.05, 0.1) is 23.8 Å². The van der Waals surface area contributed by atoms with Gasteiger partial charge >= 0.3 is 0 Å². The fourth-order valence-corrected chi connectivity index (χ4v) is 7.42. The SMILES string of the molecule is C=[P+](CC)C[P+](=C)CO[C@@]12C[C@@H]1[C@@H](C)[C@](C)(O)[C@@H]2C. The number of hydrogen-bond donors (Lipinski definition) is 1. The minimum Gasteiger partial charge on any atom is -0.389 e. The predicted octanol–water partition coefficient (Wildman–Crippen LogP) is 3.56. The molecule has 0 saturated heterocycles. The number of aliphatic hydroxyl groups is 1. The molecule has 0 aromatic carbocycles. The summed E-state index contributed by atoms with van der Waals surface area (Å²) < 4.78 is 6.28. The maximum absolute atomic E-state index is 10.5. The van der Waals surface area contributed by atoms with Crippen LogP contribution in [0.5, 0.6) is 0 Å². The van der Waals surface area contributed by atoms with E-state index in [0.29, 0.717) is 11.8 Å². The van der Waals surface area contributed by atoms with Gasteiger partial charge in [-0.3, -0.25) is 0 Å². The van der Waals surface area contributed by atoms with E-state index < -0.39 is 5.60 Å². The summed E-state index contributed by atoms with van der Waals surface area (Å²) in [5.74, 6) is 2.28. The Hall–Kier alpha value is 0.260. The van der Waals surface area contributed by atoms with Crippen LogP contribution in [0.25, 0.3) is 0 Å². The molecule has 0 aliphatic heterocycles. The second kappa shape index (κ2) is 5.23. The molecule has 2 fully saturated rings. The first-order chi connectivity index (χ1) is 8.75. The first kappa shape index (κ1) is 15.6. The third-order valence-corrected chi connectivity index (χ3v) is 10.1. The van der Waals surface area contributed by atoms with Gasteiger partial charge in [0.15, 0.2) is 7.55 Å². The zero-order valence-corrected chi connectivity index (χ0v) is 14.5. The highest BCUT2D eigenvalue weighted by atomic mass is 31.2. The average Bonchev–Trinajstić information content (AvgIpc) is 3.06. The number of hydrogen-bond acceptors (Lipinski definition) is 2. The molecule has 0 spiro atoms. The standard InChI is InChI=1S/C15H28O2P2/c1-7-18(5)10-19(6)9-17-15-8-13(15)11(2)14(4,16)12(15)3/h11-13,16H,5-10H2,1-4H3/q+2/t11-,12+,13-,14+,15-/m1/s1. The van der Waals surface area contributed by atoms with Crippen LogP contribution in [0.3, 0.4) is 0 Å². The summed E-state index contributed by atoms with van der Waals surface area (Å²) in [6.07, 6.45) is 11.6.